The molecule has 8 heteroatoms. The van der Waals surface area contributed by atoms with Gasteiger partial charge in [-0.25, -0.2) is 4.79 Å². The van der Waals surface area contributed by atoms with Gasteiger partial charge >= 0.3 is 5.97 Å². The summed E-state index contributed by atoms with van der Waals surface area (Å²) in [5.41, 5.74) is 1.01. The number of carbonyl (C=O) groups is 4. The number of pyridine rings is 1. The number of fused-ring (bicyclic) bond motifs is 1. The third kappa shape index (κ3) is 3.75. The second-order valence-electron chi connectivity index (χ2n) is 6.97. The van der Waals surface area contributed by atoms with Crippen molar-refractivity contribution in [3.63, 3.8) is 0 Å². The van der Waals surface area contributed by atoms with E-state index in [1.807, 2.05) is 6.07 Å². The molecule has 0 radical (unpaired) electrons. The van der Waals surface area contributed by atoms with Crippen LogP contribution in [0.25, 0.3) is 0 Å². The number of ether oxygens (including phenoxy) is 1. The number of amides is 1. The minimum Gasteiger partial charge on any atom is -0.453 e. The first-order valence-electron chi connectivity index (χ1n) is 9.59. The molecule has 1 amide bonds. The van der Waals surface area contributed by atoms with E-state index < -0.39 is 35.5 Å². The van der Waals surface area contributed by atoms with Crippen molar-refractivity contribution in [3.8, 4) is 6.07 Å². The van der Waals surface area contributed by atoms with E-state index in [-0.39, 0.29) is 22.4 Å². The molecule has 3 aromatic rings. The van der Waals surface area contributed by atoms with Gasteiger partial charge in [0.2, 0.25) is 5.78 Å². The Morgan fingerprint density at radius 1 is 1.00 bits per heavy atom. The van der Waals surface area contributed by atoms with Crippen molar-refractivity contribution >= 4 is 29.1 Å². The highest BCUT2D eigenvalue weighted by Gasteiger charge is 2.46. The smallest absolute Gasteiger partial charge is 0.339 e. The molecule has 1 aromatic heterocycles. The molecule has 8 nitrogen and oxygen atoms in total. The number of nitrogens with one attached hydrogen (secondary N) is 1. The van der Waals surface area contributed by atoms with Gasteiger partial charge < -0.3 is 10.1 Å². The molecule has 1 aliphatic rings. The van der Waals surface area contributed by atoms with Crippen LogP contribution in [0.4, 0.5) is 5.69 Å². The van der Waals surface area contributed by atoms with E-state index in [2.05, 4.69) is 10.3 Å². The molecule has 0 bridgehead atoms. The lowest BCUT2D eigenvalue weighted by Gasteiger charge is -2.21. The maximum atomic E-state index is 13.3. The monoisotopic (exact) mass is 425 g/mol. The Morgan fingerprint density at radius 2 is 1.69 bits per heavy atom. The summed E-state index contributed by atoms with van der Waals surface area (Å²) in [6, 6.07) is 17.3. The van der Waals surface area contributed by atoms with Crippen LogP contribution in [-0.4, -0.2) is 28.4 Å². The zero-order valence-electron chi connectivity index (χ0n) is 16.5. The number of Topliss-reactive ketones (excluding diaryl/α,β-unsaturated/α-hetero) is 2. The van der Waals surface area contributed by atoms with Gasteiger partial charge in [0, 0.05) is 23.5 Å². The van der Waals surface area contributed by atoms with Gasteiger partial charge in [-0.15, -0.1) is 0 Å². The Balaban J connectivity index is 1.72. The average Bonchev–Trinajstić information content (AvgIpc) is 3.16. The van der Waals surface area contributed by atoms with Crippen molar-refractivity contribution in [2.45, 2.75) is 6.10 Å². The first-order chi connectivity index (χ1) is 15.5. The van der Waals surface area contributed by atoms with Gasteiger partial charge in [-0.05, 0) is 30.3 Å². The zero-order valence-corrected chi connectivity index (χ0v) is 16.5. The van der Waals surface area contributed by atoms with E-state index in [1.165, 1.54) is 42.7 Å². The molecule has 2 atom stereocenters. The number of cyclic esters (lactones) is 1. The van der Waals surface area contributed by atoms with Crippen LogP contribution in [0.5, 0.6) is 0 Å². The summed E-state index contributed by atoms with van der Waals surface area (Å²) in [5, 5.41) is 11.6. The topological polar surface area (TPSA) is 126 Å². The third-order valence-electron chi connectivity index (χ3n) is 5.07. The van der Waals surface area contributed by atoms with Gasteiger partial charge in [0.1, 0.15) is 18.1 Å². The molecule has 2 heterocycles. The fourth-order valence-corrected chi connectivity index (χ4v) is 3.53. The molecule has 2 aromatic carbocycles. The van der Waals surface area contributed by atoms with Crippen LogP contribution in [0.1, 0.15) is 37.9 Å². The van der Waals surface area contributed by atoms with Crippen LogP contribution in [0, 0.1) is 17.2 Å². The summed E-state index contributed by atoms with van der Waals surface area (Å²) < 4.78 is 5.37. The number of rotatable bonds is 6. The van der Waals surface area contributed by atoms with Gasteiger partial charge in [0.05, 0.1) is 16.8 Å². The number of carbonyl (C=O) groups excluding carboxylic acids is 4. The minimum absolute atomic E-state index is 0.132. The molecule has 0 saturated carbocycles. The van der Waals surface area contributed by atoms with Crippen LogP contribution in [0.15, 0.2) is 73.1 Å². The molecule has 2 unspecified atom stereocenters. The van der Waals surface area contributed by atoms with Gasteiger partial charge in [-0.3, -0.25) is 19.4 Å². The molecule has 1 N–H and O–H groups in total. The largest absolute Gasteiger partial charge is 0.453 e. The molecule has 156 valence electrons. The van der Waals surface area contributed by atoms with Gasteiger partial charge in [-0.2, -0.15) is 5.26 Å². The molecule has 0 fully saturated rings. The Morgan fingerprint density at radius 3 is 2.44 bits per heavy atom. The highest BCUT2D eigenvalue weighted by molar-refractivity contribution is 6.45. The molecule has 4 rings (SSSR count). The summed E-state index contributed by atoms with van der Waals surface area (Å²) in [6.07, 6.45) is 1.50. The van der Waals surface area contributed by atoms with E-state index in [1.54, 1.807) is 30.3 Å². The van der Waals surface area contributed by atoms with Gasteiger partial charge in [0.25, 0.3) is 5.91 Å². The SMILES string of the molecule is N#Cc1ccccc1NC(=O)C(=O)C(C(=O)c1ccncc1)C1OC(=O)c2ccccc21. The number of ketones is 2. The Bertz CT molecular complexity index is 1280. The first-order valence-corrected chi connectivity index (χ1v) is 9.59. The van der Waals surface area contributed by atoms with Crippen LogP contribution < -0.4 is 5.32 Å². The third-order valence-corrected chi connectivity index (χ3v) is 5.07. The lowest BCUT2D eigenvalue weighted by molar-refractivity contribution is -0.138. The van der Waals surface area contributed by atoms with E-state index in [0.717, 1.165) is 0 Å². The van der Waals surface area contributed by atoms with E-state index >= 15 is 0 Å². The minimum atomic E-state index is -1.61. The zero-order chi connectivity index (χ0) is 22.7. The quantitative estimate of drug-likeness (QED) is 0.278. The number of hydrogen-bond donors (Lipinski definition) is 1. The van der Waals surface area contributed by atoms with Crippen LogP contribution in [-0.2, 0) is 14.3 Å². The van der Waals surface area contributed by atoms with Gasteiger partial charge in [-0.1, -0.05) is 30.3 Å². The number of anilines is 1. The van der Waals surface area contributed by atoms with Gasteiger partial charge in [0.15, 0.2) is 5.78 Å². The van der Waals surface area contributed by atoms with E-state index in [9.17, 15) is 24.4 Å². The predicted octanol–water partition coefficient (Wildman–Crippen LogP) is 2.87. The number of benzene rings is 2. The summed E-state index contributed by atoms with van der Waals surface area (Å²) >= 11 is 0. The maximum Gasteiger partial charge on any atom is 0.339 e. The Hall–Kier alpha value is -4.64. The fraction of sp³-hybridized carbons (Fsp3) is 0.0833. The van der Waals surface area contributed by atoms with Crippen LogP contribution in [0.3, 0.4) is 0 Å². The van der Waals surface area contributed by atoms with Crippen LogP contribution >= 0.6 is 0 Å². The number of nitriles is 1. The molecule has 32 heavy (non-hydrogen) atoms. The highest BCUT2D eigenvalue weighted by atomic mass is 16.5. The summed E-state index contributed by atoms with van der Waals surface area (Å²) in [4.78, 5) is 55.5. The van der Waals surface area contributed by atoms with Crippen molar-refractivity contribution in [2.75, 3.05) is 5.32 Å². The summed E-state index contributed by atoms with van der Waals surface area (Å²) in [6.45, 7) is 0. The number of esters is 1. The molecule has 0 spiro atoms. The fourth-order valence-electron chi connectivity index (χ4n) is 3.53. The maximum absolute atomic E-state index is 13.3. The second kappa shape index (κ2) is 8.62. The van der Waals surface area contributed by atoms with Crippen molar-refractivity contribution in [1.82, 2.24) is 4.98 Å². The van der Waals surface area contributed by atoms with E-state index in [0.29, 0.717) is 5.56 Å². The van der Waals surface area contributed by atoms with Crippen molar-refractivity contribution in [2.24, 2.45) is 5.92 Å². The molecule has 1 aliphatic heterocycles. The lowest BCUT2D eigenvalue weighted by atomic mass is 9.85. The molecule has 0 aliphatic carbocycles. The molecular weight excluding hydrogens is 410 g/mol. The number of para-hydroxylation sites is 1. The number of aromatic nitrogens is 1. The average molecular weight is 425 g/mol. The van der Waals surface area contributed by atoms with Crippen molar-refractivity contribution in [3.05, 3.63) is 95.3 Å². The standard InChI is InChI=1S/C24H15N3O5/c25-13-15-5-1-4-8-18(15)27-23(30)21(29)19(20(28)14-9-11-26-12-10-14)22-16-6-2-3-7-17(16)24(31)32-22/h1-12,19,22H,(H,27,30). The van der Waals surface area contributed by atoms with E-state index in [4.69, 9.17) is 4.74 Å². The van der Waals surface area contributed by atoms with Crippen molar-refractivity contribution < 1.29 is 23.9 Å². The highest BCUT2D eigenvalue weighted by Crippen LogP contribution is 2.38. The molecular formula is C24H15N3O5. The Kier molecular flexibility index (Phi) is 5.55. The number of nitrogens with zero attached hydrogens (tertiary/aromatic N) is 2. The molecule has 0 saturated heterocycles. The second-order valence-corrected chi connectivity index (χ2v) is 6.97. The van der Waals surface area contributed by atoms with Crippen molar-refractivity contribution in [1.29, 1.82) is 5.26 Å². The summed E-state index contributed by atoms with van der Waals surface area (Å²) in [5.74, 6) is -5.16. The number of hydrogen-bond acceptors (Lipinski definition) is 7. The predicted molar refractivity (Wildman–Crippen MR) is 111 cm³/mol. The normalized spacial score (nSPS) is 15.1. The first kappa shape index (κ1) is 20.6. The summed E-state index contributed by atoms with van der Waals surface area (Å²) in [7, 11) is 0. The van der Waals surface area contributed by atoms with Crippen LogP contribution in [0.2, 0.25) is 0 Å². The Labute approximate surface area is 182 Å². The lowest BCUT2D eigenvalue weighted by Crippen LogP contribution is -2.38.